The summed E-state index contributed by atoms with van der Waals surface area (Å²) >= 11 is 1.62. The highest BCUT2D eigenvalue weighted by atomic mass is 32.1. The zero-order chi connectivity index (χ0) is 13.0. The van der Waals surface area contributed by atoms with Gasteiger partial charge >= 0.3 is 0 Å². The van der Waals surface area contributed by atoms with Crippen LogP contribution in [0.5, 0.6) is 0 Å². The van der Waals surface area contributed by atoms with Crippen LogP contribution in [0, 0.1) is 5.92 Å². The third kappa shape index (κ3) is 1.81. The van der Waals surface area contributed by atoms with E-state index in [1.54, 1.807) is 11.3 Å². The maximum absolute atomic E-state index is 12.3. The summed E-state index contributed by atoms with van der Waals surface area (Å²) in [6.07, 6.45) is 1.12. The number of ketones is 1. The molecule has 0 saturated carbocycles. The number of Topliss-reactive ketones (excluding diaryl/α,β-unsaturated/α-hetero) is 1. The molecule has 94 valence electrons. The molecule has 0 fully saturated rings. The van der Waals surface area contributed by atoms with Gasteiger partial charge in [0.25, 0.3) is 0 Å². The number of rotatable bonds is 2. The molecule has 17 heavy (non-hydrogen) atoms. The Labute approximate surface area is 107 Å². The first-order valence-electron chi connectivity index (χ1n) is 6.22. The van der Waals surface area contributed by atoms with E-state index < -0.39 is 0 Å². The zero-order valence-corrected chi connectivity index (χ0v) is 12.1. The molecule has 0 spiro atoms. The van der Waals surface area contributed by atoms with Crippen LogP contribution in [-0.4, -0.2) is 5.78 Å². The van der Waals surface area contributed by atoms with Gasteiger partial charge in [-0.25, -0.2) is 0 Å². The van der Waals surface area contributed by atoms with Crippen LogP contribution in [0.4, 0.5) is 5.00 Å². The molecule has 1 aliphatic carbocycles. The van der Waals surface area contributed by atoms with Gasteiger partial charge in [0.1, 0.15) is 0 Å². The molecule has 2 nitrogen and oxygen atoms in total. The van der Waals surface area contributed by atoms with Gasteiger partial charge in [-0.3, -0.25) is 4.79 Å². The van der Waals surface area contributed by atoms with Crippen LogP contribution in [0.1, 0.15) is 67.8 Å². The molecule has 1 aliphatic rings. The van der Waals surface area contributed by atoms with Gasteiger partial charge in [-0.15, -0.1) is 11.3 Å². The molecule has 1 atom stereocenters. The lowest BCUT2D eigenvalue weighted by Crippen LogP contribution is -2.11. The molecule has 0 bridgehead atoms. The van der Waals surface area contributed by atoms with Crippen molar-refractivity contribution in [1.29, 1.82) is 0 Å². The summed E-state index contributed by atoms with van der Waals surface area (Å²) < 4.78 is 0. The second-order valence-electron chi connectivity index (χ2n) is 6.09. The zero-order valence-electron chi connectivity index (χ0n) is 11.3. The van der Waals surface area contributed by atoms with E-state index in [-0.39, 0.29) is 17.1 Å². The first kappa shape index (κ1) is 12.6. The van der Waals surface area contributed by atoms with Crippen molar-refractivity contribution in [3.05, 3.63) is 16.0 Å². The molecule has 0 saturated heterocycles. The summed E-state index contributed by atoms with van der Waals surface area (Å²) in [7, 11) is 0. The Morgan fingerprint density at radius 1 is 1.47 bits per heavy atom. The van der Waals surface area contributed by atoms with E-state index in [0.717, 1.165) is 12.0 Å². The highest BCUT2D eigenvalue weighted by Gasteiger charge is 2.40. The van der Waals surface area contributed by atoms with Crippen LogP contribution in [-0.2, 0) is 5.41 Å². The molecular weight excluding hydrogens is 230 g/mol. The van der Waals surface area contributed by atoms with E-state index >= 15 is 0 Å². The molecule has 3 heteroatoms. The van der Waals surface area contributed by atoms with Crippen molar-refractivity contribution in [1.82, 2.24) is 0 Å². The molecule has 1 aromatic rings. The fraction of sp³-hybridized carbons (Fsp3) is 0.643. The van der Waals surface area contributed by atoms with E-state index in [2.05, 4.69) is 20.8 Å². The SMILES string of the molecule is CC(C)C(=O)c1c(N)sc2c1C(C)CC2(C)C. The van der Waals surface area contributed by atoms with Crippen molar-refractivity contribution < 1.29 is 4.79 Å². The number of anilines is 1. The highest BCUT2D eigenvalue weighted by Crippen LogP contribution is 2.53. The summed E-state index contributed by atoms with van der Waals surface area (Å²) in [4.78, 5) is 13.6. The number of nitrogens with two attached hydrogens (primary N) is 1. The van der Waals surface area contributed by atoms with Crippen molar-refractivity contribution in [2.24, 2.45) is 5.92 Å². The predicted octanol–water partition coefficient (Wildman–Crippen LogP) is 3.95. The van der Waals surface area contributed by atoms with Gasteiger partial charge in [0.2, 0.25) is 0 Å². The predicted molar refractivity (Wildman–Crippen MR) is 74.0 cm³/mol. The summed E-state index contributed by atoms with van der Waals surface area (Å²) in [6.45, 7) is 10.6. The number of carbonyl (C=O) groups excluding carboxylic acids is 1. The molecule has 2 N–H and O–H groups in total. The Hall–Kier alpha value is -0.830. The van der Waals surface area contributed by atoms with E-state index in [1.165, 1.54) is 10.4 Å². The van der Waals surface area contributed by atoms with Gasteiger partial charge in [0.15, 0.2) is 5.78 Å². The third-order valence-electron chi connectivity index (χ3n) is 3.67. The average Bonchev–Trinajstić information content (AvgIpc) is 2.63. The summed E-state index contributed by atoms with van der Waals surface area (Å²) in [5.41, 5.74) is 8.29. The van der Waals surface area contributed by atoms with E-state index in [1.807, 2.05) is 13.8 Å². The topological polar surface area (TPSA) is 43.1 Å². The number of thiophene rings is 1. The van der Waals surface area contributed by atoms with Crippen LogP contribution >= 0.6 is 11.3 Å². The van der Waals surface area contributed by atoms with Gasteiger partial charge in [-0.05, 0) is 17.9 Å². The van der Waals surface area contributed by atoms with Crippen molar-refractivity contribution >= 4 is 22.1 Å². The molecule has 0 radical (unpaired) electrons. The minimum Gasteiger partial charge on any atom is -0.390 e. The van der Waals surface area contributed by atoms with Crippen LogP contribution < -0.4 is 5.73 Å². The molecule has 0 amide bonds. The minimum absolute atomic E-state index is 0.0203. The van der Waals surface area contributed by atoms with Gasteiger partial charge < -0.3 is 5.73 Å². The lowest BCUT2D eigenvalue weighted by atomic mass is 9.91. The number of hydrogen-bond donors (Lipinski definition) is 1. The lowest BCUT2D eigenvalue weighted by Gasteiger charge is -2.17. The molecule has 1 unspecified atom stereocenters. The maximum atomic E-state index is 12.3. The van der Waals surface area contributed by atoms with Crippen LogP contribution in [0.15, 0.2) is 0 Å². The number of nitrogen functional groups attached to an aromatic ring is 1. The number of fused-ring (bicyclic) bond motifs is 1. The van der Waals surface area contributed by atoms with Crippen molar-refractivity contribution in [3.8, 4) is 0 Å². The highest BCUT2D eigenvalue weighted by molar-refractivity contribution is 7.16. The molecule has 0 aliphatic heterocycles. The second-order valence-corrected chi connectivity index (χ2v) is 7.14. The summed E-state index contributed by atoms with van der Waals surface area (Å²) in [5.74, 6) is 0.669. The Morgan fingerprint density at radius 2 is 2.06 bits per heavy atom. The second kappa shape index (κ2) is 3.84. The fourth-order valence-corrected chi connectivity index (χ4v) is 4.24. The monoisotopic (exact) mass is 251 g/mol. The van der Waals surface area contributed by atoms with E-state index in [0.29, 0.717) is 10.9 Å². The summed E-state index contributed by atoms with van der Waals surface area (Å²) in [5, 5.41) is 0.716. The average molecular weight is 251 g/mol. The maximum Gasteiger partial charge on any atom is 0.168 e. The quantitative estimate of drug-likeness (QED) is 0.809. The Bertz CT molecular complexity index is 471. The number of carbonyl (C=O) groups is 1. The fourth-order valence-electron chi connectivity index (χ4n) is 2.94. The molecule has 1 heterocycles. The summed E-state index contributed by atoms with van der Waals surface area (Å²) in [6, 6.07) is 0. The van der Waals surface area contributed by atoms with Crippen LogP contribution in [0.2, 0.25) is 0 Å². The van der Waals surface area contributed by atoms with Crippen LogP contribution in [0.3, 0.4) is 0 Å². The molecular formula is C14H21NOS. The largest absolute Gasteiger partial charge is 0.390 e. The Balaban J connectivity index is 2.61. The Morgan fingerprint density at radius 3 is 2.59 bits per heavy atom. The number of hydrogen-bond acceptors (Lipinski definition) is 3. The molecule has 1 aromatic heterocycles. The minimum atomic E-state index is 0.0203. The molecule has 2 rings (SSSR count). The van der Waals surface area contributed by atoms with E-state index in [9.17, 15) is 4.79 Å². The smallest absolute Gasteiger partial charge is 0.168 e. The van der Waals surface area contributed by atoms with Crippen LogP contribution in [0.25, 0.3) is 0 Å². The Kier molecular flexibility index (Phi) is 2.85. The van der Waals surface area contributed by atoms with Gasteiger partial charge in [0, 0.05) is 16.2 Å². The van der Waals surface area contributed by atoms with Crippen molar-refractivity contribution in [3.63, 3.8) is 0 Å². The van der Waals surface area contributed by atoms with Crippen molar-refractivity contribution in [2.75, 3.05) is 5.73 Å². The normalized spacial score (nSPS) is 21.9. The first-order chi connectivity index (χ1) is 7.75. The van der Waals surface area contributed by atoms with Gasteiger partial charge in [-0.1, -0.05) is 34.6 Å². The lowest BCUT2D eigenvalue weighted by molar-refractivity contribution is 0.0939. The van der Waals surface area contributed by atoms with Gasteiger partial charge in [-0.2, -0.15) is 0 Å². The third-order valence-corrected chi connectivity index (χ3v) is 5.07. The van der Waals surface area contributed by atoms with Crippen molar-refractivity contribution in [2.45, 2.75) is 52.4 Å². The van der Waals surface area contributed by atoms with Gasteiger partial charge in [0.05, 0.1) is 10.6 Å². The standard InChI is InChI=1S/C14H21NOS/c1-7(2)11(16)10-9-8(3)6-14(4,5)12(9)17-13(10)15/h7-8H,6,15H2,1-5H3. The first-order valence-corrected chi connectivity index (χ1v) is 7.04. The molecule has 0 aromatic carbocycles. The van der Waals surface area contributed by atoms with E-state index in [4.69, 9.17) is 5.73 Å².